The van der Waals surface area contributed by atoms with Crippen molar-refractivity contribution in [2.75, 3.05) is 26.7 Å². The van der Waals surface area contributed by atoms with Crippen molar-refractivity contribution in [3.63, 3.8) is 0 Å². The van der Waals surface area contributed by atoms with E-state index in [2.05, 4.69) is 39.2 Å². The second kappa shape index (κ2) is 8.23. The molecule has 31 heavy (non-hydrogen) atoms. The van der Waals surface area contributed by atoms with Crippen LogP contribution in [0.15, 0.2) is 59.3 Å². The van der Waals surface area contributed by atoms with Crippen LogP contribution in [0.3, 0.4) is 0 Å². The molecule has 0 bridgehead atoms. The van der Waals surface area contributed by atoms with Crippen molar-refractivity contribution in [1.29, 1.82) is 0 Å². The Bertz CT molecular complexity index is 1030. The summed E-state index contributed by atoms with van der Waals surface area (Å²) in [5.74, 6) is 1.42. The summed E-state index contributed by atoms with van der Waals surface area (Å²) in [5, 5.41) is 4.22. The van der Waals surface area contributed by atoms with Gasteiger partial charge in [-0.05, 0) is 44.0 Å². The van der Waals surface area contributed by atoms with Gasteiger partial charge in [0.2, 0.25) is 5.91 Å². The molecule has 4 heterocycles. The second-order valence-electron chi connectivity index (χ2n) is 8.90. The van der Waals surface area contributed by atoms with Gasteiger partial charge in [0, 0.05) is 37.7 Å². The lowest BCUT2D eigenvalue weighted by Gasteiger charge is -2.48. The van der Waals surface area contributed by atoms with Crippen LogP contribution in [0, 0.1) is 5.41 Å². The fraction of sp³-hybridized carbons (Fsp3) is 0.417. The number of benzene rings is 1. The maximum absolute atomic E-state index is 12.6. The summed E-state index contributed by atoms with van der Waals surface area (Å²) in [6, 6.07) is 16.1. The van der Waals surface area contributed by atoms with Gasteiger partial charge in [-0.1, -0.05) is 41.6 Å². The summed E-state index contributed by atoms with van der Waals surface area (Å²) < 4.78 is 5.46. The zero-order chi connectivity index (χ0) is 21.3. The molecule has 0 saturated carbocycles. The topological polar surface area (TPSA) is 75.4 Å². The van der Waals surface area contributed by atoms with Gasteiger partial charge in [-0.3, -0.25) is 14.7 Å². The molecule has 0 N–H and O–H groups in total. The Morgan fingerprint density at radius 1 is 1.13 bits per heavy atom. The minimum atomic E-state index is 0.108. The molecular formula is C24H27N5O2. The van der Waals surface area contributed by atoms with Crippen molar-refractivity contribution in [2.45, 2.75) is 31.7 Å². The molecule has 0 radical (unpaired) electrons. The zero-order valence-corrected chi connectivity index (χ0v) is 17.8. The van der Waals surface area contributed by atoms with E-state index in [4.69, 9.17) is 4.52 Å². The summed E-state index contributed by atoms with van der Waals surface area (Å²) >= 11 is 0. The third kappa shape index (κ3) is 4.10. The highest BCUT2D eigenvalue weighted by Gasteiger charge is 2.52. The molecular weight excluding hydrogens is 390 g/mol. The van der Waals surface area contributed by atoms with Crippen LogP contribution in [-0.2, 0) is 11.2 Å². The Hall–Kier alpha value is -3.06. The number of carbonyl (C=O) groups is 1. The monoisotopic (exact) mass is 417 g/mol. The number of aromatic nitrogens is 3. The van der Waals surface area contributed by atoms with Crippen LogP contribution >= 0.6 is 0 Å². The molecule has 1 spiro atoms. The molecule has 5 rings (SSSR count). The fourth-order valence-corrected chi connectivity index (χ4v) is 4.94. The van der Waals surface area contributed by atoms with Crippen LogP contribution in [0.1, 0.15) is 36.7 Å². The smallest absolute Gasteiger partial charge is 0.276 e. The van der Waals surface area contributed by atoms with Crippen molar-refractivity contribution >= 4 is 5.91 Å². The predicted octanol–water partition coefficient (Wildman–Crippen LogP) is 3.36. The van der Waals surface area contributed by atoms with E-state index in [1.165, 1.54) is 5.56 Å². The first-order valence-corrected chi connectivity index (χ1v) is 10.9. The average molecular weight is 418 g/mol. The quantitative estimate of drug-likeness (QED) is 0.612. The summed E-state index contributed by atoms with van der Waals surface area (Å²) in [6.07, 6.45) is 5.12. The summed E-state index contributed by atoms with van der Waals surface area (Å²) in [7, 11) is 2.10. The molecule has 2 fully saturated rings. The van der Waals surface area contributed by atoms with Crippen LogP contribution in [-0.4, -0.2) is 57.5 Å². The van der Waals surface area contributed by atoms with Crippen LogP contribution in [0.25, 0.3) is 11.6 Å². The first kappa shape index (κ1) is 19.9. The van der Waals surface area contributed by atoms with Gasteiger partial charge >= 0.3 is 0 Å². The van der Waals surface area contributed by atoms with E-state index in [1.807, 2.05) is 41.3 Å². The third-order valence-corrected chi connectivity index (χ3v) is 6.47. The summed E-state index contributed by atoms with van der Waals surface area (Å²) in [6.45, 7) is 2.59. The molecule has 2 aromatic heterocycles. The van der Waals surface area contributed by atoms with Crippen LogP contribution in [0.5, 0.6) is 0 Å². The van der Waals surface area contributed by atoms with E-state index in [9.17, 15) is 4.79 Å². The van der Waals surface area contributed by atoms with E-state index >= 15 is 0 Å². The molecule has 1 aromatic carbocycles. The molecule has 2 aliphatic heterocycles. The number of rotatable bonds is 6. The molecule has 7 nitrogen and oxygen atoms in total. The van der Waals surface area contributed by atoms with Gasteiger partial charge < -0.3 is 9.42 Å². The SMILES string of the molecule is CN1CC2(CC1c1noc(-c3ccccn3)n1)CN(C(=O)CCCc1ccccc1)C2. The average Bonchev–Trinajstić information content (AvgIpc) is 3.39. The van der Waals surface area contributed by atoms with Crippen LogP contribution in [0.4, 0.5) is 0 Å². The number of likely N-dealkylation sites (tertiary alicyclic amines) is 2. The predicted molar refractivity (Wildman–Crippen MR) is 116 cm³/mol. The number of amides is 1. The molecule has 0 aliphatic carbocycles. The van der Waals surface area contributed by atoms with Gasteiger partial charge in [0.1, 0.15) is 5.69 Å². The van der Waals surface area contributed by atoms with Crippen molar-refractivity contribution in [3.8, 4) is 11.6 Å². The minimum absolute atomic E-state index is 0.108. The van der Waals surface area contributed by atoms with Gasteiger partial charge in [-0.15, -0.1) is 0 Å². The highest BCUT2D eigenvalue weighted by atomic mass is 16.5. The van der Waals surface area contributed by atoms with Crippen molar-refractivity contribution in [2.24, 2.45) is 5.41 Å². The third-order valence-electron chi connectivity index (χ3n) is 6.47. The number of carbonyl (C=O) groups excluding carboxylic acids is 1. The number of hydrogen-bond donors (Lipinski definition) is 0. The Balaban J connectivity index is 1.15. The van der Waals surface area contributed by atoms with E-state index in [0.717, 1.165) is 38.9 Å². The maximum atomic E-state index is 12.6. The first-order valence-electron chi connectivity index (χ1n) is 10.9. The summed E-state index contributed by atoms with van der Waals surface area (Å²) in [5.41, 5.74) is 2.12. The van der Waals surface area contributed by atoms with Crippen LogP contribution in [0.2, 0.25) is 0 Å². The first-order chi connectivity index (χ1) is 15.1. The lowest BCUT2D eigenvalue weighted by molar-refractivity contribution is -0.142. The Morgan fingerprint density at radius 3 is 2.71 bits per heavy atom. The highest BCUT2D eigenvalue weighted by molar-refractivity contribution is 5.77. The standard InChI is InChI=1S/C24H27N5O2/c1-28-15-24(14-20(28)22-26-23(31-27-22)19-11-5-6-13-25-19)16-29(17-24)21(30)12-7-10-18-8-3-2-4-9-18/h2-6,8-9,11,13,20H,7,10,12,14-17H2,1H3. The van der Waals surface area contributed by atoms with E-state index < -0.39 is 0 Å². The molecule has 1 amide bonds. The highest BCUT2D eigenvalue weighted by Crippen LogP contribution is 2.47. The minimum Gasteiger partial charge on any atom is -0.341 e. The Labute approximate surface area is 182 Å². The second-order valence-corrected chi connectivity index (χ2v) is 8.90. The zero-order valence-electron chi connectivity index (χ0n) is 17.8. The van der Waals surface area contributed by atoms with E-state index in [1.54, 1.807) is 6.20 Å². The normalized spacial score (nSPS) is 20.2. The van der Waals surface area contributed by atoms with Gasteiger partial charge in [0.25, 0.3) is 5.89 Å². The van der Waals surface area contributed by atoms with Gasteiger partial charge in [0.05, 0.1) is 6.04 Å². The largest absolute Gasteiger partial charge is 0.341 e. The van der Waals surface area contributed by atoms with Gasteiger partial charge in [-0.2, -0.15) is 4.98 Å². The Morgan fingerprint density at radius 2 is 1.94 bits per heavy atom. The molecule has 3 aromatic rings. The number of hydrogen-bond acceptors (Lipinski definition) is 6. The number of nitrogens with zero attached hydrogens (tertiary/aromatic N) is 5. The Kier molecular flexibility index (Phi) is 5.28. The lowest BCUT2D eigenvalue weighted by atomic mass is 9.77. The van der Waals surface area contributed by atoms with Crippen molar-refractivity contribution in [3.05, 3.63) is 66.1 Å². The maximum Gasteiger partial charge on any atom is 0.276 e. The molecule has 2 saturated heterocycles. The van der Waals surface area contributed by atoms with E-state index in [-0.39, 0.29) is 17.4 Å². The van der Waals surface area contributed by atoms with E-state index in [0.29, 0.717) is 23.8 Å². The van der Waals surface area contributed by atoms with Gasteiger partial charge in [0.15, 0.2) is 5.82 Å². The fourth-order valence-electron chi connectivity index (χ4n) is 4.94. The molecule has 1 atom stereocenters. The summed E-state index contributed by atoms with van der Waals surface area (Å²) in [4.78, 5) is 25.8. The number of pyridine rings is 1. The molecule has 160 valence electrons. The van der Waals surface area contributed by atoms with Crippen LogP contribution < -0.4 is 0 Å². The molecule has 2 aliphatic rings. The van der Waals surface area contributed by atoms with Crippen molar-refractivity contribution in [1.82, 2.24) is 24.9 Å². The van der Waals surface area contributed by atoms with Crippen molar-refractivity contribution < 1.29 is 9.32 Å². The number of aryl methyl sites for hydroxylation is 1. The lowest BCUT2D eigenvalue weighted by Crippen LogP contribution is -2.59. The van der Waals surface area contributed by atoms with Gasteiger partial charge in [-0.25, -0.2) is 0 Å². The molecule has 7 heteroatoms. The molecule has 1 unspecified atom stereocenters.